The fourth-order valence-electron chi connectivity index (χ4n) is 1.50. The minimum absolute atomic E-state index is 0.148. The molecular weight excluding hydrogens is 236 g/mol. The number of fused-ring (bicyclic) bond motifs is 1. The average molecular weight is 244 g/mol. The van der Waals surface area contributed by atoms with Crippen LogP contribution < -0.4 is 14.2 Å². The van der Waals surface area contributed by atoms with Crippen molar-refractivity contribution >= 4 is 5.97 Å². The SMILES string of the molecule is O=C(Oc1ccc2c(c1)OCO2)c1cnccn1. The summed E-state index contributed by atoms with van der Waals surface area (Å²) in [5.41, 5.74) is 0.148. The molecule has 1 aliphatic rings. The lowest BCUT2D eigenvalue weighted by molar-refractivity contribution is 0.0728. The van der Waals surface area contributed by atoms with Crippen molar-refractivity contribution in [1.82, 2.24) is 9.97 Å². The molecular formula is C12H8N2O4. The molecule has 1 aromatic carbocycles. The van der Waals surface area contributed by atoms with Gasteiger partial charge in [0.05, 0.1) is 6.20 Å². The molecule has 1 aliphatic heterocycles. The fraction of sp³-hybridized carbons (Fsp3) is 0.0833. The van der Waals surface area contributed by atoms with Gasteiger partial charge in [0.15, 0.2) is 17.2 Å². The standard InChI is InChI=1S/C12H8N2O4/c15-12(9-6-13-3-4-14-9)18-8-1-2-10-11(5-8)17-7-16-10/h1-6H,7H2. The van der Waals surface area contributed by atoms with Crippen LogP contribution in [0, 0.1) is 0 Å². The highest BCUT2D eigenvalue weighted by Gasteiger charge is 2.16. The second kappa shape index (κ2) is 4.33. The number of nitrogens with zero attached hydrogens (tertiary/aromatic N) is 2. The van der Waals surface area contributed by atoms with E-state index >= 15 is 0 Å². The van der Waals surface area contributed by atoms with Crippen LogP contribution >= 0.6 is 0 Å². The molecule has 0 saturated heterocycles. The first-order valence-corrected chi connectivity index (χ1v) is 5.21. The van der Waals surface area contributed by atoms with Gasteiger partial charge in [0.25, 0.3) is 0 Å². The molecule has 6 nitrogen and oxygen atoms in total. The maximum atomic E-state index is 11.7. The summed E-state index contributed by atoms with van der Waals surface area (Å²) in [6.45, 7) is 0.177. The highest BCUT2D eigenvalue weighted by molar-refractivity contribution is 5.88. The van der Waals surface area contributed by atoms with Crippen LogP contribution in [-0.2, 0) is 0 Å². The summed E-state index contributed by atoms with van der Waals surface area (Å²) in [6, 6.07) is 4.90. The predicted octanol–water partition coefficient (Wildman–Crippen LogP) is 1.42. The smallest absolute Gasteiger partial charge is 0.363 e. The molecule has 0 N–H and O–H groups in total. The van der Waals surface area contributed by atoms with Gasteiger partial charge in [-0.25, -0.2) is 9.78 Å². The number of carbonyl (C=O) groups excluding carboxylic acids is 1. The van der Waals surface area contributed by atoms with Gasteiger partial charge in [0.1, 0.15) is 5.75 Å². The number of hydrogen-bond donors (Lipinski definition) is 0. The summed E-state index contributed by atoms with van der Waals surface area (Å²) in [5, 5.41) is 0. The van der Waals surface area contributed by atoms with Gasteiger partial charge >= 0.3 is 5.97 Å². The van der Waals surface area contributed by atoms with Crippen LogP contribution in [0.3, 0.4) is 0 Å². The second-order valence-electron chi connectivity index (χ2n) is 3.50. The zero-order valence-electron chi connectivity index (χ0n) is 9.20. The van der Waals surface area contributed by atoms with Gasteiger partial charge in [0, 0.05) is 18.5 Å². The Morgan fingerprint density at radius 2 is 2.11 bits per heavy atom. The first kappa shape index (κ1) is 10.5. The van der Waals surface area contributed by atoms with E-state index in [1.165, 1.54) is 18.6 Å². The van der Waals surface area contributed by atoms with E-state index in [0.29, 0.717) is 17.2 Å². The van der Waals surface area contributed by atoms with Gasteiger partial charge < -0.3 is 14.2 Å². The van der Waals surface area contributed by atoms with E-state index in [1.54, 1.807) is 18.2 Å². The van der Waals surface area contributed by atoms with Crippen molar-refractivity contribution in [3.05, 3.63) is 42.5 Å². The summed E-state index contributed by atoms with van der Waals surface area (Å²) in [4.78, 5) is 19.4. The van der Waals surface area contributed by atoms with Crippen molar-refractivity contribution in [3.63, 3.8) is 0 Å². The van der Waals surface area contributed by atoms with Crippen molar-refractivity contribution in [2.75, 3.05) is 6.79 Å². The summed E-state index contributed by atoms with van der Waals surface area (Å²) in [7, 11) is 0. The van der Waals surface area contributed by atoms with E-state index in [1.807, 2.05) is 0 Å². The number of carbonyl (C=O) groups is 1. The Hall–Kier alpha value is -2.63. The van der Waals surface area contributed by atoms with Crippen molar-refractivity contribution in [2.24, 2.45) is 0 Å². The molecule has 1 aromatic heterocycles. The second-order valence-corrected chi connectivity index (χ2v) is 3.50. The molecule has 0 fully saturated rings. The number of esters is 1. The third-order valence-electron chi connectivity index (χ3n) is 2.33. The molecule has 3 rings (SSSR count). The maximum absolute atomic E-state index is 11.7. The van der Waals surface area contributed by atoms with Crippen molar-refractivity contribution in [1.29, 1.82) is 0 Å². The van der Waals surface area contributed by atoms with E-state index in [0.717, 1.165) is 0 Å². The zero-order chi connectivity index (χ0) is 12.4. The highest BCUT2D eigenvalue weighted by atomic mass is 16.7. The molecule has 0 unspecified atom stereocenters. The Kier molecular flexibility index (Phi) is 2.53. The number of benzene rings is 1. The van der Waals surface area contributed by atoms with E-state index in [4.69, 9.17) is 14.2 Å². The van der Waals surface area contributed by atoms with Crippen molar-refractivity contribution in [3.8, 4) is 17.2 Å². The van der Waals surface area contributed by atoms with Crippen LogP contribution in [0.4, 0.5) is 0 Å². The number of hydrogen-bond acceptors (Lipinski definition) is 6. The first-order valence-electron chi connectivity index (χ1n) is 5.21. The van der Waals surface area contributed by atoms with Crippen molar-refractivity contribution in [2.45, 2.75) is 0 Å². The normalized spacial score (nSPS) is 12.2. The molecule has 18 heavy (non-hydrogen) atoms. The number of rotatable bonds is 2. The lowest BCUT2D eigenvalue weighted by Gasteiger charge is -2.04. The molecule has 2 aromatic rings. The summed E-state index contributed by atoms with van der Waals surface area (Å²) >= 11 is 0. The minimum Gasteiger partial charge on any atom is -0.454 e. The van der Waals surface area contributed by atoms with Gasteiger partial charge in [-0.2, -0.15) is 0 Å². The molecule has 90 valence electrons. The van der Waals surface area contributed by atoms with Crippen molar-refractivity contribution < 1.29 is 19.0 Å². The van der Waals surface area contributed by atoms with Crippen LogP contribution in [0.15, 0.2) is 36.8 Å². The van der Waals surface area contributed by atoms with Crippen LogP contribution in [0.1, 0.15) is 10.5 Å². The van der Waals surface area contributed by atoms with Crippen LogP contribution in [0.5, 0.6) is 17.2 Å². The largest absolute Gasteiger partial charge is 0.454 e. The molecule has 0 saturated carbocycles. The van der Waals surface area contributed by atoms with Gasteiger partial charge in [0.2, 0.25) is 6.79 Å². The van der Waals surface area contributed by atoms with Gasteiger partial charge in [-0.3, -0.25) is 4.98 Å². The van der Waals surface area contributed by atoms with E-state index in [9.17, 15) is 4.79 Å². The Morgan fingerprint density at radius 1 is 1.22 bits per heavy atom. The van der Waals surface area contributed by atoms with Crippen LogP contribution in [0.2, 0.25) is 0 Å². The average Bonchev–Trinajstić information content (AvgIpc) is 2.87. The molecule has 2 heterocycles. The monoisotopic (exact) mass is 244 g/mol. The Balaban J connectivity index is 1.79. The Bertz CT molecular complexity index is 586. The molecule has 6 heteroatoms. The molecule has 0 amide bonds. The quantitative estimate of drug-likeness (QED) is 0.587. The number of ether oxygens (including phenoxy) is 3. The van der Waals surface area contributed by atoms with Crippen LogP contribution in [0.25, 0.3) is 0 Å². The zero-order valence-corrected chi connectivity index (χ0v) is 9.20. The Labute approximate surface area is 102 Å². The maximum Gasteiger partial charge on any atom is 0.363 e. The first-order chi connectivity index (χ1) is 8.83. The summed E-state index contributed by atoms with van der Waals surface area (Å²) in [6.07, 6.45) is 4.25. The molecule has 0 radical (unpaired) electrons. The third-order valence-corrected chi connectivity index (χ3v) is 2.33. The molecule has 0 atom stereocenters. The summed E-state index contributed by atoms with van der Waals surface area (Å²) in [5.74, 6) is 0.991. The predicted molar refractivity (Wildman–Crippen MR) is 59.6 cm³/mol. The van der Waals surface area contributed by atoms with Gasteiger partial charge in [-0.05, 0) is 12.1 Å². The lowest BCUT2D eigenvalue weighted by Crippen LogP contribution is -2.10. The highest BCUT2D eigenvalue weighted by Crippen LogP contribution is 2.35. The van der Waals surface area contributed by atoms with Gasteiger partial charge in [-0.15, -0.1) is 0 Å². The minimum atomic E-state index is -0.568. The molecule has 0 spiro atoms. The number of aromatic nitrogens is 2. The topological polar surface area (TPSA) is 70.5 Å². The molecule has 0 aliphatic carbocycles. The van der Waals surface area contributed by atoms with Gasteiger partial charge in [-0.1, -0.05) is 0 Å². The lowest BCUT2D eigenvalue weighted by atomic mass is 10.3. The van der Waals surface area contributed by atoms with Crippen LogP contribution in [-0.4, -0.2) is 22.7 Å². The van der Waals surface area contributed by atoms with E-state index in [2.05, 4.69) is 9.97 Å². The van der Waals surface area contributed by atoms with E-state index in [-0.39, 0.29) is 12.5 Å². The molecule has 0 bridgehead atoms. The fourth-order valence-corrected chi connectivity index (χ4v) is 1.50. The third kappa shape index (κ3) is 1.95. The Morgan fingerprint density at radius 3 is 2.94 bits per heavy atom. The van der Waals surface area contributed by atoms with E-state index < -0.39 is 5.97 Å². The summed E-state index contributed by atoms with van der Waals surface area (Å²) < 4.78 is 15.5.